The molecule has 0 unspecified atom stereocenters. The van der Waals surface area contributed by atoms with Crippen molar-refractivity contribution in [1.82, 2.24) is 4.85 Å². The molecule has 0 fully saturated rings. The molecule has 0 atom stereocenters. The van der Waals surface area contributed by atoms with Crippen LogP contribution < -0.4 is 4.68 Å². The standard InChI is InChI=1S/C9H7N3O2/c1-11-9(5-10)7-4-6(13)2-3-8(7)12(11)14/h2-4H,1H3,(H-,13,14)/p+1. The second kappa shape index (κ2) is 2.64. The van der Waals surface area contributed by atoms with Crippen molar-refractivity contribution in [1.29, 1.82) is 5.26 Å². The SMILES string of the molecule is C[n+]1c(C#N)c2cc(O)ccc2n1O. The fourth-order valence-electron chi connectivity index (χ4n) is 1.45. The monoisotopic (exact) mass is 190 g/mol. The summed E-state index contributed by atoms with van der Waals surface area (Å²) in [6, 6.07) is 6.40. The van der Waals surface area contributed by atoms with Crippen LogP contribution in [0.15, 0.2) is 18.2 Å². The van der Waals surface area contributed by atoms with Gasteiger partial charge < -0.3 is 10.3 Å². The third kappa shape index (κ3) is 0.910. The van der Waals surface area contributed by atoms with Gasteiger partial charge in [0.2, 0.25) is 0 Å². The number of benzene rings is 1. The lowest BCUT2D eigenvalue weighted by Crippen LogP contribution is -2.40. The van der Waals surface area contributed by atoms with Crippen LogP contribution in [-0.4, -0.2) is 15.2 Å². The normalized spacial score (nSPS) is 10.3. The van der Waals surface area contributed by atoms with Gasteiger partial charge in [0.25, 0.3) is 0 Å². The van der Waals surface area contributed by atoms with Crippen molar-refractivity contribution >= 4 is 10.9 Å². The van der Waals surface area contributed by atoms with Crippen LogP contribution in [-0.2, 0) is 7.05 Å². The maximum atomic E-state index is 9.55. The molecule has 1 aromatic heterocycles. The summed E-state index contributed by atoms with van der Waals surface area (Å²) in [5, 5.41) is 28.2. The molecule has 2 aromatic rings. The lowest BCUT2D eigenvalue weighted by molar-refractivity contribution is -0.779. The molecule has 0 aliphatic heterocycles. The van der Waals surface area contributed by atoms with Crippen LogP contribution in [0.25, 0.3) is 10.9 Å². The topological polar surface area (TPSA) is 73.1 Å². The van der Waals surface area contributed by atoms with Crippen LogP contribution in [0.5, 0.6) is 5.75 Å². The number of fused-ring (bicyclic) bond motifs is 1. The summed E-state index contributed by atoms with van der Waals surface area (Å²) in [7, 11) is 1.57. The molecule has 2 rings (SSSR count). The zero-order valence-corrected chi connectivity index (χ0v) is 7.47. The van der Waals surface area contributed by atoms with Gasteiger partial charge in [0.15, 0.2) is 18.6 Å². The molecule has 0 saturated carbocycles. The van der Waals surface area contributed by atoms with E-state index >= 15 is 0 Å². The van der Waals surface area contributed by atoms with Crippen LogP contribution in [0, 0.1) is 11.3 Å². The van der Waals surface area contributed by atoms with Gasteiger partial charge >= 0.3 is 5.69 Å². The van der Waals surface area contributed by atoms with Gasteiger partial charge in [0.1, 0.15) is 5.75 Å². The van der Waals surface area contributed by atoms with Gasteiger partial charge in [-0.25, -0.2) is 0 Å². The lowest BCUT2D eigenvalue weighted by Gasteiger charge is -1.89. The van der Waals surface area contributed by atoms with Crippen molar-refractivity contribution in [3.05, 3.63) is 23.9 Å². The Morgan fingerprint density at radius 1 is 1.50 bits per heavy atom. The molecule has 5 heteroatoms. The summed E-state index contributed by atoms with van der Waals surface area (Å²) in [5.74, 6) is 0.0696. The zero-order valence-electron chi connectivity index (χ0n) is 7.47. The molecule has 0 saturated heterocycles. The summed E-state index contributed by atoms with van der Waals surface area (Å²) < 4.78 is 1.31. The molecule has 0 amide bonds. The number of nitrogens with zero attached hydrogens (tertiary/aromatic N) is 3. The number of hydrogen-bond donors (Lipinski definition) is 2. The predicted molar refractivity (Wildman–Crippen MR) is 46.7 cm³/mol. The largest absolute Gasteiger partial charge is 0.508 e. The Morgan fingerprint density at radius 2 is 2.21 bits per heavy atom. The van der Waals surface area contributed by atoms with Crippen molar-refractivity contribution in [2.75, 3.05) is 0 Å². The van der Waals surface area contributed by atoms with E-state index in [4.69, 9.17) is 5.26 Å². The van der Waals surface area contributed by atoms with Gasteiger partial charge in [-0.3, -0.25) is 0 Å². The fourth-order valence-corrected chi connectivity index (χ4v) is 1.45. The van der Waals surface area contributed by atoms with Gasteiger partial charge in [-0.1, -0.05) is 4.68 Å². The van der Waals surface area contributed by atoms with Crippen molar-refractivity contribution in [2.45, 2.75) is 0 Å². The molecule has 0 bridgehead atoms. The molecular formula is C9H8N3O2+. The molecule has 0 aliphatic rings. The molecular weight excluding hydrogens is 182 g/mol. The number of nitriles is 1. The second-order valence-corrected chi connectivity index (χ2v) is 2.97. The molecule has 2 N–H and O–H groups in total. The molecule has 0 aliphatic carbocycles. The van der Waals surface area contributed by atoms with E-state index in [-0.39, 0.29) is 5.75 Å². The Balaban J connectivity index is 2.98. The highest BCUT2D eigenvalue weighted by atomic mass is 16.5. The molecule has 5 nitrogen and oxygen atoms in total. The first-order valence-corrected chi connectivity index (χ1v) is 3.98. The van der Waals surface area contributed by atoms with E-state index in [9.17, 15) is 10.3 Å². The minimum absolute atomic E-state index is 0.0696. The Kier molecular flexibility index (Phi) is 1.58. The van der Waals surface area contributed by atoms with Gasteiger partial charge in [-0.2, -0.15) is 5.26 Å². The van der Waals surface area contributed by atoms with E-state index in [1.54, 1.807) is 13.1 Å². The number of aromatic hydroxyl groups is 1. The Bertz CT molecular complexity index is 551. The summed E-state index contributed by atoms with van der Waals surface area (Å²) in [4.78, 5) is 0.868. The summed E-state index contributed by atoms with van der Waals surface area (Å²) in [5.41, 5.74) is 0.792. The van der Waals surface area contributed by atoms with Gasteiger partial charge in [0, 0.05) is 4.85 Å². The minimum atomic E-state index is 0.0696. The number of phenolic OH excluding ortho intramolecular Hbond substituents is 1. The molecule has 70 valence electrons. The van der Waals surface area contributed by atoms with Gasteiger partial charge in [-0.05, 0) is 18.2 Å². The molecule has 0 radical (unpaired) electrons. The third-order valence-electron chi connectivity index (χ3n) is 2.16. The van der Waals surface area contributed by atoms with E-state index in [1.165, 1.54) is 16.8 Å². The fraction of sp³-hybridized carbons (Fsp3) is 0.111. The number of hydrogen-bond acceptors (Lipinski definition) is 3. The van der Waals surface area contributed by atoms with E-state index in [2.05, 4.69) is 0 Å². The Morgan fingerprint density at radius 3 is 2.86 bits per heavy atom. The predicted octanol–water partition coefficient (Wildman–Crippen LogP) is 0.280. The van der Waals surface area contributed by atoms with Crippen LogP contribution >= 0.6 is 0 Å². The first kappa shape index (κ1) is 8.38. The lowest BCUT2D eigenvalue weighted by atomic mass is 10.2. The average Bonchev–Trinajstić information content (AvgIpc) is 2.39. The van der Waals surface area contributed by atoms with Crippen LogP contribution in [0.2, 0.25) is 0 Å². The van der Waals surface area contributed by atoms with E-state index < -0.39 is 0 Å². The smallest absolute Gasteiger partial charge is 0.319 e. The highest BCUT2D eigenvalue weighted by Crippen LogP contribution is 2.20. The third-order valence-corrected chi connectivity index (χ3v) is 2.16. The summed E-state index contributed by atoms with van der Waals surface area (Å²) in [6.07, 6.45) is 0. The maximum Gasteiger partial charge on any atom is 0.319 e. The van der Waals surface area contributed by atoms with E-state index in [1.807, 2.05) is 6.07 Å². The Labute approximate surface area is 79.6 Å². The van der Waals surface area contributed by atoms with Crippen LogP contribution in [0.3, 0.4) is 0 Å². The van der Waals surface area contributed by atoms with Gasteiger partial charge in [-0.15, -0.1) is 0 Å². The highest BCUT2D eigenvalue weighted by Gasteiger charge is 2.21. The van der Waals surface area contributed by atoms with Gasteiger partial charge in [0.05, 0.1) is 5.39 Å². The molecule has 1 heterocycles. The second-order valence-electron chi connectivity index (χ2n) is 2.97. The van der Waals surface area contributed by atoms with E-state index in [0.717, 1.165) is 4.85 Å². The maximum absolute atomic E-state index is 9.55. The quantitative estimate of drug-likeness (QED) is 0.463. The number of aromatic nitrogens is 2. The van der Waals surface area contributed by atoms with E-state index in [0.29, 0.717) is 16.6 Å². The van der Waals surface area contributed by atoms with Crippen LogP contribution in [0.4, 0.5) is 0 Å². The van der Waals surface area contributed by atoms with Crippen molar-refractivity contribution in [3.8, 4) is 11.8 Å². The molecule has 0 spiro atoms. The zero-order chi connectivity index (χ0) is 10.3. The van der Waals surface area contributed by atoms with Crippen LogP contribution in [0.1, 0.15) is 5.69 Å². The minimum Gasteiger partial charge on any atom is -0.508 e. The molecule has 14 heavy (non-hydrogen) atoms. The first-order chi connectivity index (χ1) is 6.65. The molecule has 1 aromatic carbocycles. The number of rotatable bonds is 0. The van der Waals surface area contributed by atoms with Crippen molar-refractivity contribution < 1.29 is 15.0 Å². The first-order valence-electron chi connectivity index (χ1n) is 3.98. The highest BCUT2D eigenvalue weighted by molar-refractivity contribution is 5.83. The van der Waals surface area contributed by atoms with Crippen molar-refractivity contribution in [3.63, 3.8) is 0 Å². The Hall–Kier alpha value is -2.22. The summed E-state index contributed by atoms with van der Waals surface area (Å²) >= 11 is 0. The number of phenols is 1. The average molecular weight is 190 g/mol. The summed E-state index contributed by atoms with van der Waals surface area (Å²) in [6.45, 7) is 0. The van der Waals surface area contributed by atoms with Crippen molar-refractivity contribution in [2.24, 2.45) is 7.05 Å².